The van der Waals surface area contributed by atoms with Crippen molar-refractivity contribution >= 4 is 43.6 Å². The Morgan fingerprint density at radius 3 is 1.45 bits per heavy atom. The van der Waals surface area contributed by atoms with Crippen molar-refractivity contribution in [2.24, 2.45) is 0 Å². The average molecular weight is 567 g/mol. The summed E-state index contributed by atoms with van der Waals surface area (Å²) in [5, 5.41) is 15.2. The molecule has 3 aromatic heterocycles. The summed E-state index contributed by atoms with van der Waals surface area (Å²) in [6.07, 6.45) is 0. The van der Waals surface area contributed by atoms with Gasteiger partial charge in [-0.1, -0.05) is 60.7 Å². The molecule has 0 aliphatic rings. The first-order chi connectivity index (χ1) is 21.4. The Morgan fingerprint density at radius 1 is 0.523 bits per heavy atom. The molecule has 210 valence electrons. The molecule has 0 radical (unpaired) electrons. The average Bonchev–Trinajstić information content (AvgIpc) is 3.51. The predicted octanol–water partition coefficient (Wildman–Crippen LogP) is 10.0. The third-order valence-electron chi connectivity index (χ3n) is 8.74. The second-order valence-electron chi connectivity index (χ2n) is 11.9. The molecule has 44 heavy (non-hydrogen) atoms. The fourth-order valence-electron chi connectivity index (χ4n) is 6.98. The van der Waals surface area contributed by atoms with Gasteiger partial charge in [0.25, 0.3) is 0 Å². The first kappa shape index (κ1) is 26.0. The molecule has 0 fully saturated rings. The number of nitrogens with zero attached hydrogens (tertiary/aromatic N) is 4. The van der Waals surface area contributed by atoms with Crippen molar-refractivity contribution in [3.8, 4) is 28.6 Å². The van der Waals surface area contributed by atoms with Crippen molar-refractivity contribution in [1.29, 1.82) is 5.26 Å². The molecule has 0 unspecified atom stereocenters. The number of pyridine rings is 1. The molecule has 3 heterocycles. The molecule has 0 N–H and O–H groups in total. The highest BCUT2D eigenvalue weighted by Crippen LogP contribution is 2.43. The largest absolute Gasteiger partial charge is 0.308 e. The minimum Gasteiger partial charge on any atom is -0.308 e. The summed E-state index contributed by atoms with van der Waals surface area (Å²) >= 11 is 0. The van der Waals surface area contributed by atoms with Gasteiger partial charge in [-0.15, -0.1) is 0 Å². The second-order valence-corrected chi connectivity index (χ2v) is 11.9. The van der Waals surface area contributed by atoms with Gasteiger partial charge < -0.3 is 9.13 Å². The van der Waals surface area contributed by atoms with E-state index in [9.17, 15) is 5.26 Å². The fourth-order valence-corrected chi connectivity index (χ4v) is 6.98. The Hall–Kier alpha value is -5.66. The topological polar surface area (TPSA) is 46.5 Å². The Labute approximate surface area is 256 Å². The lowest BCUT2D eigenvalue weighted by Crippen LogP contribution is -2.05. The number of hydrogen-bond donors (Lipinski definition) is 0. The zero-order chi connectivity index (χ0) is 30.1. The van der Waals surface area contributed by atoms with Gasteiger partial charge in [-0.3, -0.25) is 4.98 Å². The van der Waals surface area contributed by atoms with Gasteiger partial charge in [0.2, 0.25) is 0 Å². The van der Waals surface area contributed by atoms with E-state index in [4.69, 9.17) is 4.98 Å². The number of nitriles is 1. The molecule has 0 atom stereocenters. The Bertz CT molecular complexity index is 2340. The van der Waals surface area contributed by atoms with Crippen molar-refractivity contribution in [2.45, 2.75) is 27.7 Å². The number of fused-ring (bicyclic) bond motifs is 6. The van der Waals surface area contributed by atoms with Crippen LogP contribution in [-0.2, 0) is 0 Å². The zero-order valence-electron chi connectivity index (χ0n) is 25.2. The first-order valence-corrected chi connectivity index (χ1v) is 15.0. The van der Waals surface area contributed by atoms with Gasteiger partial charge in [-0.05, 0) is 92.9 Å². The quantitative estimate of drug-likeness (QED) is 0.214. The van der Waals surface area contributed by atoms with E-state index in [1.54, 1.807) is 0 Å². The van der Waals surface area contributed by atoms with Gasteiger partial charge in [0, 0.05) is 38.5 Å². The Kier molecular flexibility index (Phi) is 5.73. The van der Waals surface area contributed by atoms with Crippen LogP contribution in [0, 0.1) is 39.0 Å². The standard InChI is InChI=1S/C40H30N4/c1-24-13-15-32-30-9-5-7-11-34(30)43(36(32)17-24)38-21-28(23-41)22-39(40(38)29-19-26(3)42-27(4)20-29)44-35-12-8-6-10-31(35)33-16-14-25(2)18-37(33)44/h5-22H,1-4H3. The van der Waals surface area contributed by atoms with E-state index in [0.29, 0.717) is 5.56 Å². The SMILES string of the molecule is Cc1ccc2c3ccccc3n(-c3cc(C#N)cc(-n4c5ccccc5c5ccc(C)cc54)c3-c3cc(C)nc(C)c3)c2c1. The molecule has 0 spiro atoms. The number of para-hydroxylation sites is 2. The van der Waals surface area contributed by atoms with E-state index in [-0.39, 0.29) is 0 Å². The maximum absolute atomic E-state index is 10.5. The van der Waals surface area contributed by atoms with Crippen LogP contribution < -0.4 is 0 Å². The summed E-state index contributed by atoms with van der Waals surface area (Å²) < 4.78 is 4.70. The molecule has 4 nitrogen and oxygen atoms in total. The molecule has 0 aliphatic carbocycles. The highest BCUT2D eigenvalue weighted by molar-refractivity contribution is 6.12. The maximum Gasteiger partial charge on any atom is 0.0993 e. The van der Waals surface area contributed by atoms with Gasteiger partial charge in [0.1, 0.15) is 0 Å². The molecule has 0 saturated heterocycles. The van der Waals surface area contributed by atoms with Gasteiger partial charge in [-0.25, -0.2) is 0 Å². The van der Waals surface area contributed by atoms with Gasteiger partial charge >= 0.3 is 0 Å². The van der Waals surface area contributed by atoms with Crippen LogP contribution in [0.2, 0.25) is 0 Å². The summed E-state index contributed by atoms with van der Waals surface area (Å²) in [7, 11) is 0. The van der Waals surface area contributed by atoms with Crippen molar-refractivity contribution in [3.63, 3.8) is 0 Å². The van der Waals surface area contributed by atoms with Crippen molar-refractivity contribution < 1.29 is 0 Å². The molecular formula is C40H30N4. The third kappa shape index (κ3) is 3.87. The normalized spacial score (nSPS) is 11.6. The number of hydrogen-bond acceptors (Lipinski definition) is 2. The van der Waals surface area contributed by atoms with E-state index < -0.39 is 0 Å². The summed E-state index contributed by atoms with van der Waals surface area (Å²) in [5.41, 5.74) is 13.4. The molecule has 0 bridgehead atoms. The van der Waals surface area contributed by atoms with E-state index >= 15 is 0 Å². The minimum absolute atomic E-state index is 0.610. The number of rotatable bonds is 3. The molecule has 5 aromatic carbocycles. The second kappa shape index (κ2) is 9.69. The highest BCUT2D eigenvalue weighted by atomic mass is 15.0. The number of benzene rings is 5. The lowest BCUT2D eigenvalue weighted by molar-refractivity contribution is 1.11. The molecule has 0 saturated carbocycles. The van der Waals surface area contributed by atoms with Gasteiger partial charge in [-0.2, -0.15) is 5.26 Å². The van der Waals surface area contributed by atoms with Crippen LogP contribution in [0.25, 0.3) is 66.1 Å². The monoisotopic (exact) mass is 566 g/mol. The summed E-state index contributed by atoms with van der Waals surface area (Å²) in [4.78, 5) is 4.74. The summed E-state index contributed by atoms with van der Waals surface area (Å²) in [6, 6.07) is 41.4. The molecular weight excluding hydrogens is 536 g/mol. The molecule has 0 amide bonds. The summed E-state index contributed by atoms with van der Waals surface area (Å²) in [6.45, 7) is 8.37. The lowest BCUT2D eigenvalue weighted by Gasteiger charge is -2.21. The highest BCUT2D eigenvalue weighted by Gasteiger charge is 2.23. The van der Waals surface area contributed by atoms with Gasteiger partial charge in [0.05, 0.1) is 45.1 Å². The first-order valence-electron chi connectivity index (χ1n) is 15.0. The lowest BCUT2D eigenvalue weighted by atomic mass is 9.97. The Balaban J connectivity index is 1.63. The van der Waals surface area contributed by atoms with Crippen LogP contribution in [0.5, 0.6) is 0 Å². The van der Waals surface area contributed by atoms with E-state index in [1.165, 1.54) is 32.7 Å². The van der Waals surface area contributed by atoms with Crippen LogP contribution in [0.4, 0.5) is 0 Å². The van der Waals surface area contributed by atoms with E-state index in [0.717, 1.165) is 56.0 Å². The van der Waals surface area contributed by atoms with E-state index in [1.807, 2.05) is 13.8 Å². The number of aryl methyl sites for hydroxylation is 4. The van der Waals surface area contributed by atoms with Crippen LogP contribution >= 0.6 is 0 Å². The summed E-state index contributed by atoms with van der Waals surface area (Å²) in [5.74, 6) is 0. The van der Waals surface area contributed by atoms with E-state index in [2.05, 4.69) is 138 Å². The van der Waals surface area contributed by atoms with Crippen LogP contribution in [-0.4, -0.2) is 14.1 Å². The van der Waals surface area contributed by atoms with Crippen LogP contribution in [0.1, 0.15) is 28.1 Å². The smallest absolute Gasteiger partial charge is 0.0993 e. The molecule has 8 aromatic rings. The number of aromatic nitrogens is 3. The van der Waals surface area contributed by atoms with Crippen molar-refractivity contribution in [3.05, 3.63) is 137 Å². The third-order valence-corrected chi connectivity index (χ3v) is 8.74. The Morgan fingerprint density at radius 2 is 0.977 bits per heavy atom. The predicted molar refractivity (Wildman–Crippen MR) is 182 cm³/mol. The van der Waals surface area contributed by atoms with Crippen LogP contribution in [0.3, 0.4) is 0 Å². The molecule has 8 rings (SSSR count). The van der Waals surface area contributed by atoms with Gasteiger partial charge in [0.15, 0.2) is 0 Å². The minimum atomic E-state index is 0.610. The fraction of sp³-hybridized carbons (Fsp3) is 0.100. The zero-order valence-corrected chi connectivity index (χ0v) is 25.2. The van der Waals surface area contributed by atoms with Crippen molar-refractivity contribution in [1.82, 2.24) is 14.1 Å². The molecule has 0 aliphatic heterocycles. The van der Waals surface area contributed by atoms with Crippen molar-refractivity contribution in [2.75, 3.05) is 0 Å². The molecule has 4 heteroatoms. The van der Waals surface area contributed by atoms with Crippen LogP contribution in [0.15, 0.2) is 109 Å². The maximum atomic E-state index is 10.5.